The number of aliphatic hydroxyl groups excluding tert-OH is 1. The third-order valence-corrected chi connectivity index (χ3v) is 5.48. The van der Waals surface area contributed by atoms with Gasteiger partial charge in [0.15, 0.2) is 5.58 Å². The lowest BCUT2D eigenvalue weighted by Crippen LogP contribution is -2.15. The van der Waals surface area contributed by atoms with Crippen molar-refractivity contribution in [3.63, 3.8) is 0 Å². The molecule has 0 amide bonds. The zero-order valence-corrected chi connectivity index (χ0v) is 17.7. The Hall–Kier alpha value is -3.98. The van der Waals surface area contributed by atoms with Crippen LogP contribution in [-0.4, -0.2) is 31.9 Å². The van der Waals surface area contributed by atoms with Crippen LogP contribution in [0.3, 0.4) is 0 Å². The number of aromatic nitrogens is 4. The van der Waals surface area contributed by atoms with Crippen LogP contribution in [0.4, 0.5) is 0 Å². The fourth-order valence-electron chi connectivity index (χ4n) is 4.05. The molecule has 162 valence electrons. The number of hydrogen-bond donors (Lipinski definition) is 1. The molecule has 0 fully saturated rings. The van der Waals surface area contributed by atoms with E-state index in [0.29, 0.717) is 33.6 Å². The summed E-state index contributed by atoms with van der Waals surface area (Å²) in [5.41, 5.74) is 4.62. The number of hydrogen-bond acceptors (Lipinski definition) is 8. The molecule has 0 saturated heterocycles. The molecule has 0 saturated carbocycles. The van der Waals surface area contributed by atoms with Crippen LogP contribution in [0, 0.1) is 13.8 Å². The van der Waals surface area contributed by atoms with Gasteiger partial charge in [0.05, 0.1) is 42.7 Å². The van der Waals surface area contributed by atoms with Gasteiger partial charge in [-0.2, -0.15) is 0 Å². The highest BCUT2D eigenvalue weighted by atomic mass is 16.5. The molecule has 32 heavy (non-hydrogen) atoms. The zero-order chi connectivity index (χ0) is 22.4. The highest BCUT2D eigenvalue weighted by Gasteiger charge is 2.22. The summed E-state index contributed by atoms with van der Waals surface area (Å²) in [5, 5.41) is 14.6. The Labute approximate surface area is 181 Å². The number of rotatable bonds is 5. The lowest BCUT2D eigenvalue weighted by Gasteiger charge is -2.12. The molecule has 1 N–H and O–H groups in total. The zero-order valence-electron chi connectivity index (χ0n) is 17.7. The van der Waals surface area contributed by atoms with Crippen molar-refractivity contribution in [3.05, 3.63) is 69.9 Å². The summed E-state index contributed by atoms with van der Waals surface area (Å²) in [7, 11) is 1.58. The number of fused-ring (bicyclic) bond motifs is 3. The molecule has 5 aromatic rings. The third kappa shape index (κ3) is 3.05. The topological polar surface area (TPSA) is 116 Å². The smallest absolute Gasteiger partial charge is 0.420 e. The summed E-state index contributed by atoms with van der Waals surface area (Å²) < 4.78 is 18.0. The molecule has 1 aromatic carbocycles. The van der Waals surface area contributed by atoms with Gasteiger partial charge in [-0.1, -0.05) is 11.2 Å². The molecule has 5 rings (SSSR count). The van der Waals surface area contributed by atoms with Crippen molar-refractivity contribution in [2.24, 2.45) is 0 Å². The monoisotopic (exact) mass is 432 g/mol. The Balaban J connectivity index is 1.85. The number of benzene rings is 1. The summed E-state index contributed by atoms with van der Waals surface area (Å²) in [6.45, 7) is 3.52. The molecule has 0 spiro atoms. The molecule has 9 nitrogen and oxygen atoms in total. The van der Waals surface area contributed by atoms with Gasteiger partial charge in [0.2, 0.25) is 0 Å². The molecule has 0 bridgehead atoms. The predicted molar refractivity (Wildman–Crippen MR) is 117 cm³/mol. The largest absolute Gasteiger partial charge is 0.496 e. The van der Waals surface area contributed by atoms with Crippen LogP contribution in [0.25, 0.3) is 33.1 Å². The second kappa shape index (κ2) is 7.61. The summed E-state index contributed by atoms with van der Waals surface area (Å²) in [5.74, 6) is 0.673. The van der Waals surface area contributed by atoms with E-state index in [0.717, 1.165) is 16.8 Å². The number of oxazole rings is 1. The van der Waals surface area contributed by atoms with Gasteiger partial charge in [0.25, 0.3) is 0 Å². The molecular formula is C23H20N4O5. The SMILES string of the molecule is COc1cc2c(cc1-c1c(C)noc1C)nc(CO)c1oc(=O)n(Cc3ccccn3)c12. The molecular weight excluding hydrogens is 412 g/mol. The molecule has 0 aliphatic carbocycles. The van der Waals surface area contributed by atoms with E-state index in [2.05, 4.69) is 15.1 Å². The Kier molecular flexibility index (Phi) is 4.75. The second-order valence-corrected chi connectivity index (χ2v) is 7.44. The number of ether oxygens (including phenoxy) is 1. The first kappa shape index (κ1) is 20.0. The second-order valence-electron chi connectivity index (χ2n) is 7.44. The van der Waals surface area contributed by atoms with Gasteiger partial charge in [-0.25, -0.2) is 9.78 Å². The third-order valence-electron chi connectivity index (χ3n) is 5.48. The van der Waals surface area contributed by atoms with Gasteiger partial charge >= 0.3 is 5.76 Å². The Morgan fingerprint density at radius 3 is 2.72 bits per heavy atom. The van der Waals surface area contributed by atoms with Gasteiger partial charge in [-0.3, -0.25) is 9.55 Å². The minimum atomic E-state index is -0.552. The van der Waals surface area contributed by atoms with E-state index in [4.69, 9.17) is 13.7 Å². The Morgan fingerprint density at radius 1 is 1.22 bits per heavy atom. The molecule has 0 atom stereocenters. The molecule has 0 aliphatic rings. The molecule has 0 radical (unpaired) electrons. The van der Waals surface area contributed by atoms with Crippen molar-refractivity contribution in [1.82, 2.24) is 19.7 Å². The van der Waals surface area contributed by atoms with E-state index in [-0.39, 0.29) is 24.4 Å². The first-order valence-electron chi connectivity index (χ1n) is 9.99. The van der Waals surface area contributed by atoms with Crippen LogP contribution >= 0.6 is 0 Å². The standard InChI is InChI=1S/C23H20N4O5/c1-12-20(13(2)32-26-12)16-8-17-15(9-19(16)30-3)21-22(18(11-28)25-17)31-23(29)27(21)10-14-6-4-5-7-24-14/h4-9,28H,10-11H2,1-3H3. The molecule has 0 aliphatic heterocycles. The summed E-state index contributed by atoms with van der Waals surface area (Å²) in [4.78, 5) is 21.6. The minimum Gasteiger partial charge on any atom is -0.496 e. The van der Waals surface area contributed by atoms with Crippen molar-refractivity contribution in [2.45, 2.75) is 27.0 Å². The summed E-state index contributed by atoms with van der Waals surface area (Å²) in [6, 6.07) is 9.16. The van der Waals surface area contributed by atoms with E-state index >= 15 is 0 Å². The fraction of sp³-hybridized carbons (Fsp3) is 0.217. The molecule has 4 heterocycles. The number of aliphatic hydroxyl groups is 1. The number of methoxy groups -OCH3 is 1. The van der Waals surface area contributed by atoms with Crippen LogP contribution in [0.2, 0.25) is 0 Å². The maximum absolute atomic E-state index is 12.8. The summed E-state index contributed by atoms with van der Waals surface area (Å²) in [6.07, 6.45) is 1.67. The van der Waals surface area contributed by atoms with Gasteiger partial charge in [0.1, 0.15) is 22.7 Å². The van der Waals surface area contributed by atoms with Crippen molar-refractivity contribution in [2.75, 3.05) is 7.11 Å². The van der Waals surface area contributed by atoms with Crippen LogP contribution in [-0.2, 0) is 13.2 Å². The fourth-order valence-corrected chi connectivity index (χ4v) is 4.05. The maximum Gasteiger partial charge on any atom is 0.420 e. The van der Waals surface area contributed by atoms with E-state index in [1.54, 1.807) is 13.3 Å². The van der Waals surface area contributed by atoms with E-state index in [1.807, 2.05) is 44.2 Å². The van der Waals surface area contributed by atoms with Crippen molar-refractivity contribution >= 4 is 22.0 Å². The molecule has 0 unspecified atom stereocenters. The first-order valence-corrected chi connectivity index (χ1v) is 9.99. The van der Waals surface area contributed by atoms with E-state index in [1.165, 1.54) is 4.57 Å². The first-order chi connectivity index (χ1) is 15.5. The van der Waals surface area contributed by atoms with Crippen LogP contribution < -0.4 is 10.5 Å². The van der Waals surface area contributed by atoms with E-state index < -0.39 is 5.76 Å². The van der Waals surface area contributed by atoms with Crippen molar-refractivity contribution in [3.8, 4) is 16.9 Å². The Bertz CT molecular complexity index is 1500. The van der Waals surface area contributed by atoms with Crippen molar-refractivity contribution < 1.29 is 18.8 Å². The molecule has 4 aromatic heterocycles. The summed E-state index contributed by atoms with van der Waals surface area (Å²) >= 11 is 0. The highest BCUT2D eigenvalue weighted by molar-refractivity contribution is 6.05. The molecule has 9 heteroatoms. The highest BCUT2D eigenvalue weighted by Crippen LogP contribution is 2.39. The van der Waals surface area contributed by atoms with Gasteiger partial charge in [-0.05, 0) is 38.1 Å². The predicted octanol–water partition coefficient (Wildman–Crippen LogP) is 3.36. The lowest BCUT2D eigenvalue weighted by molar-refractivity contribution is 0.277. The van der Waals surface area contributed by atoms with Gasteiger partial charge in [0, 0.05) is 17.1 Å². The number of pyridine rings is 2. The van der Waals surface area contributed by atoms with Crippen LogP contribution in [0.1, 0.15) is 22.8 Å². The maximum atomic E-state index is 12.8. The minimum absolute atomic E-state index is 0.213. The van der Waals surface area contributed by atoms with Gasteiger partial charge in [-0.15, -0.1) is 0 Å². The van der Waals surface area contributed by atoms with E-state index in [9.17, 15) is 9.90 Å². The average molecular weight is 432 g/mol. The lowest BCUT2D eigenvalue weighted by atomic mass is 10.00. The van der Waals surface area contributed by atoms with Crippen molar-refractivity contribution in [1.29, 1.82) is 0 Å². The normalized spacial score (nSPS) is 11.5. The quantitative estimate of drug-likeness (QED) is 0.449. The average Bonchev–Trinajstić information content (AvgIpc) is 3.31. The van der Waals surface area contributed by atoms with Crippen LogP contribution in [0.5, 0.6) is 5.75 Å². The van der Waals surface area contributed by atoms with Crippen LogP contribution in [0.15, 0.2) is 50.3 Å². The number of nitrogens with zero attached hydrogens (tertiary/aromatic N) is 4. The van der Waals surface area contributed by atoms with Gasteiger partial charge < -0.3 is 18.8 Å². The number of aryl methyl sites for hydroxylation is 2. The Morgan fingerprint density at radius 2 is 2.06 bits per heavy atom.